The molecule has 1 aromatic heterocycles. The minimum Gasteiger partial charge on any atom is -0.294 e. The smallest absolute Gasteiger partial charge is 0.169 e. The second-order valence-electron chi connectivity index (χ2n) is 3.64. The van der Waals surface area contributed by atoms with Gasteiger partial charge in [0.15, 0.2) is 5.78 Å². The van der Waals surface area contributed by atoms with Gasteiger partial charge in [-0.1, -0.05) is 30.3 Å². The highest BCUT2D eigenvalue weighted by Crippen LogP contribution is 2.31. The Morgan fingerprint density at radius 1 is 0.938 bits per heavy atom. The maximum Gasteiger partial charge on any atom is 0.169 e. The Hall–Kier alpha value is -1.67. The number of carbonyl (C=O) groups is 1. The van der Waals surface area contributed by atoms with E-state index < -0.39 is 0 Å². The van der Waals surface area contributed by atoms with E-state index >= 15 is 0 Å². The van der Waals surface area contributed by atoms with Crippen LogP contribution in [0.15, 0.2) is 42.6 Å². The van der Waals surface area contributed by atoms with Gasteiger partial charge >= 0.3 is 0 Å². The molecule has 16 heavy (non-hydrogen) atoms. The van der Waals surface area contributed by atoms with E-state index in [2.05, 4.69) is 4.98 Å². The average molecular weight is 232 g/mol. The summed E-state index contributed by atoms with van der Waals surface area (Å²) in [6, 6.07) is 11.6. The van der Waals surface area contributed by atoms with Gasteiger partial charge in [0.2, 0.25) is 0 Å². The van der Waals surface area contributed by atoms with E-state index in [0.29, 0.717) is 6.42 Å². The molecule has 0 fully saturated rings. The third-order valence-electron chi connectivity index (χ3n) is 2.74. The summed E-state index contributed by atoms with van der Waals surface area (Å²) in [6.45, 7) is 0. The van der Waals surface area contributed by atoms with Gasteiger partial charge in [0, 0.05) is 17.3 Å². The molecular formula is C13H10ClNO. The minimum absolute atomic E-state index is 0. The number of hydrogen-bond donors (Lipinski definition) is 0. The van der Waals surface area contributed by atoms with E-state index in [0.717, 1.165) is 22.4 Å². The molecule has 2 aromatic rings. The molecule has 1 heterocycles. The zero-order valence-corrected chi connectivity index (χ0v) is 9.33. The Labute approximate surface area is 99.7 Å². The van der Waals surface area contributed by atoms with Gasteiger partial charge in [0.25, 0.3) is 0 Å². The molecule has 3 heteroatoms. The monoisotopic (exact) mass is 231 g/mol. The maximum atomic E-state index is 11.8. The second kappa shape index (κ2) is 4.06. The first-order chi connectivity index (χ1) is 7.36. The molecule has 1 aliphatic carbocycles. The largest absolute Gasteiger partial charge is 0.294 e. The summed E-state index contributed by atoms with van der Waals surface area (Å²) in [5.41, 5.74) is 3.81. The maximum absolute atomic E-state index is 11.8. The Kier molecular flexibility index (Phi) is 2.75. The molecule has 0 aliphatic heterocycles. The first-order valence-corrected chi connectivity index (χ1v) is 4.93. The van der Waals surface area contributed by atoms with Gasteiger partial charge in [-0.3, -0.25) is 9.78 Å². The van der Waals surface area contributed by atoms with Crippen molar-refractivity contribution < 1.29 is 4.79 Å². The number of ketones is 1. The Balaban J connectivity index is 0.000000963. The van der Waals surface area contributed by atoms with Crippen molar-refractivity contribution in [2.45, 2.75) is 6.42 Å². The zero-order chi connectivity index (χ0) is 10.3. The fourth-order valence-corrected chi connectivity index (χ4v) is 2.03. The lowest BCUT2D eigenvalue weighted by atomic mass is 9.88. The molecule has 0 amide bonds. The van der Waals surface area contributed by atoms with Crippen LogP contribution in [0.25, 0.3) is 11.1 Å². The molecule has 0 bridgehead atoms. The van der Waals surface area contributed by atoms with Crippen molar-refractivity contribution in [2.75, 3.05) is 0 Å². The fourth-order valence-electron chi connectivity index (χ4n) is 2.03. The third-order valence-corrected chi connectivity index (χ3v) is 2.74. The lowest BCUT2D eigenvalue weighted by Gasteiger charge is -2.17. The highest BCUT2D eigenvalue weighted by molar-refractivity contribution is 6.06. The molecular weight excluding hydrogens is 222 g/mol. The molecule has 0 radical (unpaired) electrons. The molecule has 2 nitrogen and oxygen atoms in total. The first kappa shape index (κ1) is 10.8. The Bertz CT molecular complexity index is 551. The summed E-state index contributed by atoms with van der Waals surface area (Å²) in [6.07, 6.45) is 2.16. The number of carbonyl (C=O) groups excluding carboxylic acids is 1. The van der Waals surface area contributed by atoms with Crippen LogP contribution in [0, 0.1) is 0 Å². The van der Waals surface area contributed by atoms with Crippen LogP contribution in [0.2, 0.25) is 0 Å². The van der Waals surface area contributed by atoms with E-state index in [9.17, 15) is 4.79 Å². The number of pyridine rings is 1. The van der Waals surface area contributed by atoms with Crippen LogP contribution in [0.5, 0.6) is 0 Å². The number of nitrogens with zero attached hydrogens (tertiary/aromatic N) is 1. The van der Waals surface area contributed by atoms with Crippen molar-refractivity contribution >= 4 is 18.2 Å². The van der Waals surface area contributed by atoms with E-state index in [1.54, 1.807) is 6.20 Å². The van der Waals surface area contributed by atoms with Gasteiger partial charge in [0.1, 0.15) is 0 Å². The highest BCUT2D eigenvalue weighted by atomic mass is 35.5. The lowest BCUT2D eigenvalue weighted by molar-refractivity contribution is 0.0991. The standard InChI is InChI=1S/C13H9NO.ClH/c15-13-8-12-10(6-3-7-14-12)9-4-1-2-5-11(9)13;/h1-7H,8H2;1H. The van der Waals surface area contributed by atoms with Crippen molar-refractivity contribution in [3.8, 4) is 11.1 Å². The van der Waals surface area contributed by atoms with Gasteiger partial charge in [-0.15, -0.1) is 12.4 Å². The summed E-state index contributed by atoms with van der Waals surface area (Å²) in [4.78, 5) is 16.1. The van der Waals surface area contributed by atoms with E-state index in [1.165, 1.54) is 0 Å². The molecule has 0 saturated heterocycles. The van der Waals surface area contributed by atoms with Crippen LogP contribution in [0.3, 0.4) is 0 Å². The molecule has 1 aliphatic rings. The first-order valence-electron chi connectivity index (χ1n) is 4.93. The number of aromatic nitrogens is 1. The van der Waals surface area contributed by atoms with Crippen LogP contribution in [0.4, 0.5) is 0 Å². The SMILES string of the molecule is Cl.O=C1Cc2ncccc2-c2ccccc21. The van der Waals surface area contributed by atoms with Crippen molar-refractivity contribution in [3.63, 3.8) is 0 Å². The van der Waals surface area contributed by atoms with Crippen molar-refractivity contribution in [3.05, 3.63) is 53.9 Å². The zero-order valence-electron chi connectivity index (χ0n) is 8.51. The van der Waals surface area contributed by atoms with Gasteiger partial charge in [-0.2, -0.15) is 0 Å². The summed E-state index contributed by atoms with van der Waals surface area (Å²) < 4.78 is 0. The summed E-state index contributed by atoms with van der Waals surface area (Å²) in [5, 5.41) is 0. The molecule has 0 unspecified atom stereocenters. The number of Topliss-reactive ketones (excluding diaryl/α,β-unsaturated/α-hetero) is 1. The van der Waals surface area contributed by atoms with Crippen LogP contribution in [-0.4, -0.2) is 10.8 Å². The van der Waals surface area contributed by atoms with Gasteiger partial charge in [-0.25, -0.2) is 0 Å². The Morgan fingerprint density at radius 2 is 1.62 bits per heavy atom. The predicted octanol–water partition coefficient (Wildman–Crippen LogP) is 2.91. The number of rotatable bonds is 0. The molecule has 0 atom stereocenters. The van der Waals surface area contributed by atoms with Crippen LogP contribution >= 0.6 is 12.4 Å². The number of benzene rings is 1. The quantitative estimate of drug-likeness (QED) is 0.698. The van der Waals surface area contributed by atoms with Crippen molar-refractivity contribution in [1.82, 2.24) is 4.98 Å². The molecule has 80 valence electrons. The Morgan fingerprint density at radius 3 is 2.44 bits per heavy atom. The van der Waals surface area contributed by atoms with Gasteiger partial charge in [0.05, 0.1) is 12.1 Å². The number of fused-ring (bicyclic) bond motifs is 3. The number of halogens is 1. The summed E-state index contributed by atoms with van der Waals surface area (Å²) in [5.74, 6) is 0.164. The molecule has 0 N–H and O–H groups in total. The van der Waals surface area contributed by atoms with Crippen molar-refractivity contribution in [1.29, 1.82) is 0 Å². The third kappa shape index (κ3) is 1.51. The van der Waals surface area contributed by atoms with E-state index in [4.69, 9.17) is 0 Å². The molecule has 3 rings (SSSR count). The van der Waals surface area contributed by atoms with Crippen LogP contribution in [-0.2, 0) is 6.42 Å². The lowest BCUT2D eigenvalue weighted by Crippen LogP contribution is -2.13. The average Bonchev–Trinajstić information content (AvgIpc) is 2.30. The summed E-state index contributed by atoms with van der Waals surface area (Å²) in [7, 11) is 0. The van der Waals surface area contributed by atoms with Crippen molar-refractivity contribution in [2.24, 2.45) is 0 Å². The molecule has 1 aromatic carbocycles. The van der Waals surface area contributed by atoms with Gasteiger partial charge < -0.3 is 0 Å². The number of hydrogen-bond acceptors (Lipinski definition) is 2. The summed E-state index contributed by atoms with van der Waals surface area (Å²) >= 11 is 0. The van der Waals surface area contributed by atoms with E-state index in [1.807, 2.05) is 36.4 Å². The molecule has 0 saturated carbocycles. The normalized spacial score (nSPS) is 12.4. The highest BCUT2D eigenvalue weighted by Gasteiger charge is 2.22. The molecule has 0 spiro atoms. The fraction of sp³-hybridized carbons (Fsp3) is 0.0769. The predicted molar refractivity (Wildman–Crippen MR) is 65.0 cm³/mol. The topological polar surface area (TPSA) is 30.0 Å². The second-order valence-corrected chi connectivity index (χ2v) is 3.64. The van der Waals surface area contributed by atoms with Gasteiger partial charge in [-0.05, 0) is 11.6 Å². The van der Waals surface area contributed by atoms with E-state index in [-0.39, 0.29) is 18.2 Å². The minimum atomic E-state index is 0. The van der Waals surface area contributed by atoms with Crippen LogP contribution < -0.4 is 0 Å². The van der Waals surface area contributed by atoms with Crippen LogP contribution in [0.1, 0.15) is 16.1 Å².